The first kappa shape index (κ1) is 21.6. The van der Waals surface area contributed by atoms with E-state index in [2.05, 4.69) is 16.9 Å². The second-order valence-electron chi connectivity index (χ2n) is 7.44. The zero-order valence-electron chi connectivity index (χ0n) is 17.8. The van der Waals surface area contributed by atoms with Crippen molar-refractivity contribution in [2.24, 2.45) is 4.99 Å². The molecule has 2 aromatic carbocycles. The molecule has 0 aliphatic rings. The monoisotopic (exact) mass is 406 g/mol. The number of ether oxygens (including phenoxy) is 1. The van der Waals surface area contributed by atoms with E-state index in [-0.39, 0.29) is 5.95 Å². The number of hydrogen-bond acceptors (Lipinski definition) is 5. The van der Waals surface area contributed by atoms with Gasteiger partial charge in [0.2, 0.25) is 5.89 Å². The van der Waals surface area contributed by atoms with Crippen molar-refractivity contribution in [2.45, 2.75) is 52.4 Å². The molecule has 0 fully saturated rings. The van der Waals surface area contributed by atoms with Crippen LogP contribution in [0.3, 0.4) is 0 Å². The van der Waals surface area contributed by atoms with Crippen LogP contribution in [-0.2, 0) is 0 Å². The highest BCUT2D eigenvalue weighted by atomic mass is 16.5. The van der Waals surface area contributed by atoms with Crippen LogP contribution in [0.5, 0.6) is 11.7 Å². The Kier molecular flexibility index (Phi) is 8.07. The van der Waals surface area contributed by atoms with E-state index in [0.29, 0.717) is 11.6 Å². The minimum Gasteiger partial charge on any atom is -0.494 e. The Morgan fingerprint density at radius 1 is 0.967 bits per heavy atom. The Balaban J connectivity index is 1.51. The Morgan fingerprint density at radius 3 is 2.40 bits per heavy atom. The van der Waals surface area contributed by atoms with Crippen LogP contribution in [0.1, 0.15) is 56.7 Å². The zero-order chi connectivity index (χ0) is 21.2. The van der Waals surface area contributed by atoms with Crippen LogP contribution in [-0.4, -0.2) is 22.9 Å². The van der Waals surface area contributed by atoms with Crippen molar-refractivity contribution in [3.05, 3.63) is 59.8 Å². The summed E-state index contributed by atoms with van der Waals surface area (Å²) in [5.74, 6) is 0.967. The largest absolute Gasteiger partial charge is 0.494 e. The standard InChI is InChI=1S/C25H30N2O3/c1-3-4-5-6-7-8-17-29-22-15-13-21(14-16-22)26-18-23-25(28)30-24(27-23)20-11-9-19(2)10-12-20/h9-16,18,28H,3-8,17H2,1-2H3. The van der Waals surface area contributed by atoms with Gasteiger partial charge >= 0.3 is 5.95 Å². The first-order chi connectivity index (χ1) is 14.7. The average Bonchev–Trinajstić information content (AvgIpc) is 3.13. The highest BCUT2D eigenvalue weighted by Crippen LogP contribution is 2.26. The van der Waals surface area contributed by atoms with Crippen LogP contribution in [0.2, 0.25) is 0 Å². The maximum atomic E-state index is 10.0. The molecule has 1 aromatic heterocycles. The molecule has 1 N–H and O–H groups in total. The summed E-state index contributed by atoms with van der Waals surface area (Å²) in [7, 11) is 0. The van der Waals surface area contributed by atoms with E-state index in [1.165, 1.54) is 38.3 Å². The number of oxazole rings is 1. The number of rotatable bonds is 11. The number of benzene rings is 2. The van der Waals surface area contributed by atoms with Crippen LogP contribution in [0.4, 0.5) is 5.69 Å². The number of aromatic hydroxyl groups is 1. The quantitative estimate of drug-likeness (QED) is 0.279. The van der Waals surface area contributed by atoms with Crippen molar-refractivity contribution >= 4 is 11.9 Å². The second kappa shape index (κ2) is 11.2. The van der Waals surface area contributed by atoms with Crippen molar-refractivity contribution in [3.63, 3.8) is 0 Å². The van der Waals surface area contributed by atoms with E-state index in [9.17, 15) is 5.11 Å². The van der Waals surface area contributed by atoms with E-state index in [4.69, 9.17) is 9.15 Å². The van der Waals surface area contributed by atoms with E-state index >= 15 is 0 Å². The third-order valence-corrected chi connectivity index (χ3v) is 4.87. The highest BCUT2D eigenvalue weighted by molar-refractivity contribution is 5.82. The van der Waals surface area contributed by atoms with Gasteiger partial charge in [0, 0.05) is 5.56 Å². The molecule has 0 aliphatic carbocycles. The summed E-state index contributed by atoms with van der Waals surface area (Å²) in [6.45, 7) is 4.98. The van der Waals surface area contributed by atoms with Gasteiger partial charge in [0.15, 0.2) is 5.69 Å². The molecule has 30 heavy (non-hydrogen) atoms. The lowest BCUT2D eigenvalue weighted by molar-refractivity contribution is 0.304. The molecule has 0 spiro atoms. The molecule has 0 atom stereocenters. The molecule has 0 saturated carbocycles. The molecule has 5 heteroatoms. The summed E-state index contributed by atoms with van der Waals surface area (Å²) in [6, 6.07) is 15.3. The smallest absolute Gasteiger partial charge is 0.312 e. The maximum Gasteiger partial charge on any atom is 0.312 e. The molecule has 0 saturated heterocycles. The Morgan fingerprint density at radius 2 is 1.67 bits per heavy atom. The predicted molar refractivity (Wildman–Crippen MR) is 121 cm³/mol. The normalized spacial score (nSPS) is 11.3. The summed E-state index contributed by atoms with van der Waals surface area (Å²) < 4.78 is 11.2. The Hall–Kier alpha value is -3.08. The molecule has 0 bridgehead atoms. The number of aromatic nitrogens is 1. The van der Waals surface area contributed by atoms with Crippen LogP contribution in [0.15, 0.2) is 57.9 Å². The predicted octanol–water partition coefficient (Wildman–Crippen LogP) is 6.85. The van der Waals surface area contributed by atoms with Gasteiger partial charge in [0.1, 0.15) is 5.75 Å². The van der Waals surface area contributed by atoms with Gasteiger partial charge in [-0.2, -0.15) is 0 Å². The minimum atomic E-state index is -0.242. The number of unbranched alkanes of at least 4 members (excludes halogenated alkanes) is 5. The van der Waals surface area contributed by atoms with Gasteiger partial charge in [-0.15, -0.1) is 0 Å². The van der Waals surface area contributed by atoms with Crippen LogP contribution >= 0.6 is 0 Å². The Bertz CT molecular complexity index is 928. The lowest BCUT2D eigenvalue weighted by Gasteiger charge is -2.06. The number of aliphatic imine (C=N–C) groups is 1. The van der Waals surface area contributed by atoms with Gasteiger partial charge in [-0.3, -0.25) is 4.99 Å². The average molecular weight is 407 g/mol. The molecule has 3 aromatic rings. The molecular weight excluding hydrogens is 376 g/mol. The first-order valence-corrected chi connectivity index (χ1v) is 10.7. The van der Waals surface area contributed by atoms with Gasteiger partial charge < -0.3 is 14.3 Å². The fraction of sp³-hybridized carbons (Fsp3) is 0.360. The topological polar surface area (TPSA) is 67.9 Å². The fourth-order valence-electron chi connectivity index (χ4n) is 3.06. The highest BCUT2D eigenvalue weighted by Gasteiger charge is 2.12. The zero-order valence-corrected chi connectivity index (χ0v) is 17.8. The third-order valence-electron chi connectivity index (χ3n) is 4.87. The van der Waals surface area contributed by atoms with Gasteiger partial charge in [-0.25, -0.2) is 4.98 Å². The second-order valence-corrected chi connectivity index (χ2v) is 7.44. The summed E-state index contributed by atoms with van der Waals surface area (Å²) >= 11 is 0. The maximum absolute atomic E-state index is 10.0. The molecule has 0 aliphatic heterocycles. The van der Waals surface area contributed by atoms with E-state index in [0.717, 1.165) is 35.6 Å². The van der Waals surface area contributed by atoms with Gasteiger partial charge in [-0.05, 0) is 49.7 Å². The fourth-order valence-corrected chi connectivity index (χ4v) is 3.06. The molecular formula is C25H30N2O3. The lowest BCUT2D eigenvalue weighted by atomic mass is 10.1. The SMILES string of the molecule is CCCCCCCCOc1ccc(N=Cc2nc(-c3ccc(C)cc3)oc2O)cc1. The van der Waals surface area contributed by atoms with Crippen molar-refractivity contribution in [1.82, 2.24) is 4.98 Å². The molecule has 158 valence electrons. The molecule has 0 radical (unpaired) electrons. The van der Waals surface area contributed by atoms with Gasteiger partial charge in [-0.1, -0.05) is 56.7 Å². The first-order valence-electron chi connectivity index (χ1n) is 10.7. The van der Waals surface area contributed by atoms with Crippen molar-refractivity contribution in [1.29, 1.82) is 0 Å². The van der Waals surface area contributed by atoms with Crippen LogP contribution in [0, 0.1) is 6.92 Å². The van der Waals surface area contributed by atoms with Gasteiger partial charge in [0.05, 0.1) is 18.5 Å². The van der Waals surface area contributed by atoms with Gasteiger partial charge in [0.25, 0.3) is 0 Å². The number of nitrogens with zero attached hydrogens (tertiary/aromatic N) is 2. The molecule has 0 unspecified atom stereocenters. The molecule has 0 amide bonds. The number of aryl methyl sites for hydroxylation is 1. The Labute approximate surface area is 178 Å². The van der Waals surface area contributed by atoms with Crippen molar-refractivity contribution < 1.29 is 14.3 Å². The van der Waals surface area contributed by atoms with Crippen LogP contribution in [0.25, 0.3) is 11.5 Å². The molecule has 1 heterocycles. The number of hydrogen-bond donors (Lipinski definition) is 1. The summed E-state index contributed by atoms with van der Waals surface area (Å²) in [6.07, 6.45) is 9.00. The summed E-state index contributed by atoms with van der Waals surface area (Å²) in [5.41, 5.74) is 3.01. The van der Waals surface area contributed by atoms with Crippen molar-refractivity contribution in [3.8, 4) is 23.1 Å². The summed E-state index contributed by atoms with van der Waals surface area (Å²) in [4.78, 5) is 8.70. The van der Waals surface area contributed by atoms with Crippen LogP contribution < -0.4 is 4.74 Å². The molecule has 3 rings (SSSR count). The summed E-state index contributed by atoms with van der Waals surface area (Å²) in [5, 5.41) is 10.0. The van der Waals surface area contributed by atoms with Crippen molar-refractivity contribution in [2.75, 3.05) is 6.61 Å². The van der Waals surface area contributed by atoms with E-state index in [1.54, 1.807) is 0 Å². The van der Waals surface area contributed by atoms with E-state index in [1.807, 2.05) is 55.5 Å². The van der Waals surface area contributed by atoms with E-state index < -0.39 is 0 Å². The third kappa shape index (κ3) is 6.48. The minimum absolute atomic E-state index is 0.242. The molecule has 5 nitrogen and oxygen atoms in total. The lowest BCUT2D eigenvalue weighted by Crippen LogP contribution is -1.96.